The van der Waals surface area contributed by atoms with Crippen LogP contribution >= 0.6 is 0 Å². The van der Waals surface area contributed by atoms with Crippen LogP contribution in [-0.2, 0) is 11.2 Å². The number of H-pyrrole nitrogens is 1. The molecule has 1 heterocycles. The number of nitrogens with two attached hydrogens (primary N) is 1. The van der Waals surface area contributed by atoms with Crippen molar-refractivity contribution in [3.8, 4) is 6.07 Å². The second-order valence-electron chi connectivity index (χ2n) is 3.98. The number of carbonyl (C=O) groups excluding carboxylic acids is 1. The lowest BCUT2D eigenvalue weighted by atomic mass is 10.0. The highest BCUT2D eigenvalue weighted by Crippen LogP contribution is 2.13. The minimum Gasteiger partial charge on any atom is -0.355 e. The molecule has 0 saturated carbocycles. The van der Waals surface area contributed by atoms with Crippen LogP contribution in [0.3, 0.4) is 0 Å². The smallest absolute Gasteiger partial charge is 0.266 e. The maximum atomic E-state index is 11.6. The number of amides is 1. The largest absolute Gasteiger partial charge is 0.355 e. The van der Waals surface area contributed by atoms with Crippen LogP contribution in [0.15, 0.2) is 4.79 Å². The third kappa shape index (κ3) is 2.96. The van der Waals surface area contributed by atoms with E-state index in [4.69, 9.17) is 11.0 Å². The lowest BCUT2D eigenvalue weighted by molar-refractivity contribution is -0.120. The molecule has 96 valence electrons. The SMILES string of the molecule is Cc1[nH]c(=O)c(C#N)c(C)c1CC(=O)NCCN. The molecule has 0 aliphatic rings. The average Bonchev–Trinajstić information content (AvgIpc) is 2.32. The predicted octanol–water partition coefficient (Wildman–Crippen LogP) is -0.519. The quantitative estimate of drug-likeness (QED) is 0.665. The summed E-state index contributed by atoms with van der Waals surface area (Å²) >= 11 is 0. The predicted molar refractivity (Wildman–Crippen MR) is 67.0 cm³/mol. The van der Waals surface area contributed by atoms with E-state index in [0.717, 1.165) is 0 Å². The number of pyridine rings is 1. The normalized spacial score (nSPS) is 9.89. The van der Waals surface area contributed by atoms with Crippen molar-refractivity contribution < 1.29 is 4.79 Å². The molecule has 6 nitrogen and oxygen atoms in total. The van der Waals surface area contributed by atoms with E-state index in [1.165, 1.54) is 0 Å². The van der Waals surface area contributed by atoms with Gasteiger partial charge in [0, 0.05) is 18.8 Å². The van der Waals surface area contributed by atoms with E-state index in [1.807, 2.05) is 6.07 Å². The van der Waals surface area contributed by atoms with Crippen LogP contribution in [-0.4, -0.2) is 24.0 Å². The fourth-order valence-electron chi connectivity index (χ4n) is 1.75. The summed E-state index contributed by atoms with van der Waals surface area (Å²) in [6, 6.07) is 1.85. The van der Waals surface area contributed by atoms with Crippen LogP contribution in [0.2, 0.25) is 0 Å². The van der Waals surface area contributed by atoms with Gasteiger partial charge >= 0.3 is 0 Å². The van der Waals surface area contributed by atoms with E-state index in [1.54, 1.807) is 13.8 Å². The summed E-state index contributed by atoms with van der Waals surface area (Å²) < 4.78 is 0. The molecule has 0 bridgehead atoms. The molecule has 18 heavy (non-hydrogen) atoms. The van der Waals surface area contributed by atoms with Gasteiger partial charge in [0.1, 0.15) is 11.6 Å². The lowest BCUT2D eigenvalue weighted by Gasteiger charge is -2.10. The first-order chi connectivity index (χ1) is 8.51. The van der Waals surface area contributed by atoms with Crippen LogP contribution in [0.25, 0.3) is 0 Å². The van der Waals surface area contributed by atoms with Crippen molar-refractivity contribution in [2.75, 3.05) is 13.1 Å². The van der Waals surface area contributed by atoms with Gasteiger partial charge in [0.05, 0.1) is 6.42 Å². The number of nitrogens with zero attached hydrogens (tertiary/aromatic N) is 1. The molecule has 1 aromatic rings. The number of hydrogen-bond donors (Lipinski definition) is 3. The molecule has 1 amide bonds. The lowest BCUT2D eigenvalue weighted by Crippen LogP contribution is -2.31. The summed E-state index contributed by atoms with van der Waals surface area (Å²) in [7, 11) is 0. The Morgan fingerprint density at radius 1 is 1.50 bits per heavy atom. The number of nitrogens with one attached hydrogen (secondary N) is 2. The highest BCUT2D eigenvalue weighted by Gasteiger charge is 2.14. The van der Waals surface area contributed by atoms with Crippen molar-refractivity contribution in [3.05, 3.63) is 32.7 Å². The zero-order valence-electron chi connectivity index (χ0n) is 10.5. The van der Waals surface area contributed by atoms with E-state index in [2.05, 4.69) is 10.3 Å². The van der Waals surface area contributed by atoms with E-state index >= 15 is 0 Å². The number of aromatic nitrogens is 1. The Labute approximate surface area is 105 Å². The molecule has 0 fully saturated rings. The molecule has 0 unspecified atom stereocenters. The standard InChI is InChI=1S/C12H16N4O2/c1-7-9(5-11(17)15-4-3-13)8(2)16-12(18)10(7)6-14/h3-5,13H2,1-2H3,(H,15,17)(H,16,18). The molecule has 1 aromatic heterocycles. The van der Waals surface area contributed by atoms with Crippen molar-refractivity contribution in [3.63, 3.8) is 0 Å². The second kappa shape index (κ2) is 5.98. The maximum Gasteiger partial charge on any atom is 0.266 e. The van der Waals surface area contributed by atoms with Gasteiger partial charge in [-0.25, -0.2) is 0 Å². The van der Waals surface area contributed by atoms with Crippen molar-refractivity contribution in [2.45, 2.75) is 20.3 Å². The van der Waals surface area contributed by atoms with Crippen LogP contribution < -0.4 is 16.6 Å². The molecule has 0 spiro atoms. The summed E-state index contributed by atoms with van der Waals surface area (Å²) in [6.07, 6.45) is 0.128. The Hall–Kier alpha value is -2.13. The first kappa shape index (κ1) is 13.9. The number of nitriles is 1. The second-order valence-corrected chi connectivity index (χ2v) is 3.98. The molecule has 0 saturated heterocycles. The van der Waals surface area contributed by atoms with E-state index in [9.17, 15) is 9.59 Å². The fourth-order valence-corrected chi connectivity index (χ4v) is 1.75. The van der Waals surface area contributed by atoms with E-state index in [0.29, 0.717) is 29.9 Å². The molecule has 1 rings (SSSR count). The summed E-state index contributed by atoms with van der Waals surface area (Å²) in [5, 5.41) is 11.6. The van der Waals surface area contributed by atoms with Gasteiger partial charge < -0.3 is 16.0 Å². The zero-order chi connectivity index (χ0) is 13.7. The van der Waals surface area contributed by atoms with Crippen molar-refractivity contribution >= 4 is 5.91 Å². The number of aromatic amines is 1. The monoisotopic (exact) mass is 248 g/mol. The summed E-state index contributed by atoms with van der Waals surface area (Å²) in [4.78, 5) is 25.7. The first-order valence-corrected chi connectivity index (χ1v) is 5.60. The van der Waals surface area contributed by atoms with Gasteiger partial charge in [0.2, 0.25) is 5.91 Å². The van der Waals surface area contributed by atoms with Crippen molar-refractivity contribution in [1.29, 1.82) is 5.26 Å². The third-order valence-electron chi connectivity index (χ3n) is 2.72. The van der Waals surface area contributed by atoms with E-state index in [-0.39, 0.29) is 17.9 Å². The zero-order valence-corrected chi connectivity index (χ0v) is 10.5. The Bertz CT molecular complexity index is 554. The Morgan fingerprint density at radius 2 is 2.17 bits per heavy atom. The molecule has 0 radical (unpaired) electrons. The van der Waals surface area contributed by atoms with Gasteiger partial charge in [-0.1, -0.05) is 0 Å². The first-order valence-electron chi connectivity index (χ1n) is 5.60. The van der Waals surface area contributed by atoms with Crippen LogP contribution in [0.5, 0.6) is 0 Å². The molecule has 0 aliphatic heterocycles. The van der Waals surface area contributed by atoms with Gasteiger partial charge in [-0.2, -0.15) is 5.26 Å². The van der Waals surface area contributed by atoms with Crippen LogP contribution in [0.4, 0.5) is 0 Å². The van der Waals surface area contributed by atoms with Gasteiger partial charge in [-0.05, 0) is 25.0 Å². The van der Waals surface area contributed by atoms with E-state index < -0.39 is 5.56 Å². The Balaban J connectivity index is 3.07. The van der Waals surface area contributed by atoms with Crippen LogP contribution in [0, 0.1) is 25.2 Å². The summed E-state index contributed by atoms with van der Waals surface area (Å²) in [6.45, 7) is 4.16. The number of aryl methyl sites for hydroxylation is 1. The maximum absolute atomic E-state index is 11.6. The number of carbonyl (C=O) groups is 1. The van der Waals surface area contributed by atoms with Crippen molar-refractivity contribution in [1.82, 2.24) is 10.3 Å². The minimum absolute atomic E-state index is 0.0576. The highest BCUT2D eigenvalue weighted by molar-refractivity contribution is 5.79. The molecular formula is C12H16N4O2. The Morgan fingerprint density at radius 3 is 2.72 bits per heavy atom. The fraction of sp³-hybridized carbons (Fsp3) is 0.417. The number of rotatable bonds is 4. The summed E-state index contributed by atoms with van der Waals surface area (Å²) in [5.74, 6) is -0.178. The topological polar surface area (TPSA) is 112 Å². The molecule has 0 atom stereocenters. The molecule has 0 aromatic carbocycles. The summed E-state index contributed by atoms with van der Waals surface area (Å²) in [5.41, 5.74) is 6.78. The minimum atomic E-state index is -0.418. The Kier molecular flexibility index (Phi) is 4.63. The highest BCUT2D eigenvalue weighted by atomic mass is 16.1. The van der Waals surface area contributed by atoms with Gasteiger partial charge in [-0.15, -0.1) is 0 Å². The molecule has 4 N–H and O–H groups in total. The molecule has 6 heteroatoms. The van der Waals surface area contributed by atoms with Crippen molar-refractivity contribution in [2.24, 2.45) is 5.73 Å². The molecular weight excluding hydrogens is 232 g/mol. The van der Waals surface area contributed by atoms with Gasteiger partial charge in [0.25, 0.3) is 5.56 Å². The third-order valence-corrected chi connectivity index (χ3v) is 2.72. The van der Waals surface area contributed by atoms with Gasteiger partial charge in [-0.3, -0.25) is 9.59 Å². The van der Waals surface area contributed by atoms with Crippen LogP contribution in [0.1, 0.15) is 22.4 Å². The molecule has 0 aliphatic carbocycles. The average molecular weight is 248 g/mol. The number of hydrogen-bond acceptors (Lipinski definition) is 4. The van der Waals surface area contributed by atoms with Gasteiger partial charge in [0.15, 0.2) is 0 Å².